The van der Waals surface area contributed by atoms with Crippen LogP contribution in [0.3, 0.4) is 0 Å². The number of alkyl halides is 2. The molecule has 1 spiro atoms. The molecule has 1 aliphatic carbocycles. The van der Waals surface area contributed by atoms with E-state index in [0.29, 0.717) is 31.9 Å². The topological polar surface area (TPSA) is 75.7 Å². The number of rotatable bonds is 7. The molecule has 1 amide bonds. The van der Waals surface area contributed by atoms with Crippen LogP contribution in [0.4, 0.5) is 26.3 Å². The van der Waals surface area contributed by atoms with Crippen LogP contribution in [0.25, 0.3) is 11.1 Å². The van der Waals surface area contributed by atoms with E-state index in [1.165, 1.54) is 4.90 Å². The Morgan fingerprint density at radius 1 is 1.05 bits per heavy atom. The highest BCUT2D eigenvalue weighted by atomic mass is 32.2. The molecule has 1 N–H and O–H groups in total. The first-order chi connectivity index (χ1) is 17.4. The van der Waals surface area contributed by atoms with Crippen molar-refractivity contribution in [2.45, 2.75) is 49.6 Å². The van der Waals surface area contributed by atoms with Crippen LogP contribution in [0.2, 0.25) is 0 Å². The minimum atomic E-state index is -5.08. The van der Waals surface area contributed by atoms with Gasteiger partial charge in [0.1, 0.15) is 29.4 Å². The Morgan fingerprint density at radius 2 is 1.68 bits per heavy atom. The molecule has 0 bridgehead atoms. The number of sulfonamides is 1. The Morgan fingerprint density at radius 3 is 2.22 bits per heavy atom. The summed E-state index contributed by atoms with van der Waals surface area (Å²) >= 11 is 0. The number of amides is 1. The van der Waals surface area contributed by atoms with Crippen LogP contribution < -0.4 is 4.72 Å². The van der Waals surface area contributed by atoms with Gasteiger partial charge in [-0.2, -0.15) is 8.78 Å². The van der Waals surface area contributed by atoms with Crippen LogP contribution in [0.1, 0.15) is 24.8 Å². The fourth-order valence-corrected chi connectivity index (χ4v) is 6.09. The van der Waals surface area contributed by atoms with Crippen molar-refractivity contribution in [1.82, 2.24) is 9.62 Å². The molecule has 1 unspecified atom stereocenters. The van der Waals surface area contributed by atoms with Gasteiger partial charge in [0.15, 0.2) is 0 Å². The SMILES string of the molecule is O=C(C1CCO1)N1CC2(CC2)[C@H](NS(=O)(=O)C(F)F)[C@@H]1Cc1cc(F)cc(-c2cc(F)cc(F)c2)c1F. The second-order valence-electron chi connectivity index (χ2n) is 9.73. The van der Waals surface area contributed by atoms with Crippen molar-refractivity contribution in [3.63, 3.8) is 0 Å². The van der Waals surface area contributed by atoms with E-state index in [1.54, 1.807) is 0 Å². The number of benzene rings is 2. The second kappa shape index (κ2) is 9.28. The molecule has 6 nitrogen and oxygen atoms in total. The number of hydrogen-bond donors (Lipinski definition) is 1. The van der Waals surface area contributed by atoms with E-state index in [0.717, 1.165) is 24.3 Å². The van der Waals surface area contributed by atoms with E-state index in [9.17, 15) is 35.2 Å². The lowest BCUT2D eigenvalue weighted by atomic mass is 9.91. The van der Waals surface area contributed by atoms with Crippen molar-refractivity contribution in [3.05, 3.63) is 59.2 Å². The third kappa shape index (κ3) is 4.84. The third-order valence-electron chi connectivity index (χ3n) is 7.32. The van der Waals surface area contributed by atoms with Crippen molar-refractivity contribution in [2.24, 2.45) is 5.41 Å². The molecule has 1 saturated carbocycles. The molecule has 0 aromatic heterocycles. The van der Waals surface area contributed by atoms with E-state index < -0.39 is 80.5 Å². The van der Waals surface area contributed by atoms with Gasteiger partial charge in [0.25, 0.3) is 15.9 Å². The molecular formula is C24H22F6N2O4S. The quantitative estimate of drug-likeness (QED) is 0.535. The summed E-state index contributed by atoms with van der Waals surface area (Å²) < 4.78 is 116. The molecule has 200 valence electrons. The molecule has 13 heteroatoms. The number of ether oxygens (including phenoxy) is 1. The van der Waals surface area contributed by atoms with Crippen LogP contribution >= 0.6 is 0 Å². The highest BCUT2D eigenvalue weighted by molar-refractivity contribution is 7.89. The lowest BCUT2D eigenvalue weighted by Crippen LogP contribution is -2.53. The third-order valence-corrected chi connectivity index (χ3v) is 8.37. The normalized spacial score (nSPS) is 24.5. The van der Waals surface area contributed by atoms with Gasteiger partial charge in [-0.25, -0.2) is 30.7 Å². The molecule has 2 aromatic carbocycles. The number of halogens is 6. The highest BCUT2D eigenvalue weighted by Crippen LogP contribution is 2.56. The predicted octanol–water partition coefficient (Wildman–Crippen LogP) is 3.74. The smallest absolute Gasteiger partial charge is 0.350 e. The van der Waals surface area contributed by atoms with E-state index >= 15 is 4.39 Å². The number of nitrogens with one attached hydrogen (secondary N) is 1. The van der Waals surface area contributed by atoms with Crippen molar-refractivity contribution in [3.8, 4) is 11.1 Å². The molecule has 37 heavy (non-hydrogen) atoms. The van der Waals surface area contributed by atoms with E-state index in [2.05, 4.69) is 0 Å². The number of carbonyl (C=O) groups excluding carboxylic acids is 1. The zero-order chi connectivity index (χ0) is 26.7. The van der Waals surface area contributed by atoms with Crippen LogP contribution in [0.5, 0.6) is 0 Å². The Bertz CT molecular complexity index is 1330. The Kier molecular flexibility index (Phi) is 6.52. The minimum absolute atomic E-state index is 0.0334. The van der Waals surface area contributed by atoms with Crippen LogP contribution in [-0.2, 0) is 26.0 Å². The van der Waals surface area contributed by atoms with Gasteiger partial charge >= 0.3 is 5.76 Å². The lowest BCUT2D eigenvalue weighted by Gasteiger charge is -2.34. The summed E-state index contributed by atoms with van der Waals surface area (Å²) in [5.74, 6) is -8.23. The summed E-state index contributed by atoms with van der Waals surface area (Å²) in [5.41, 5.74) is -1.86. The molecule has 2 saturated heterocycles. The van der Waals surface area contributed by atoms with Crippen molar-refractivity contribution in [2.75, 3.05) is 13.2 Å². The summed E-state index contributed by atoms with van der Waals surface area (Å²) in [6.45, 7) is 0.374. The van der Waals surface area contributed by atoms with Crippen LogP contribution in [0.15, 0.2) is 30.3 Å². The first-order valence-electron chi connectivity index (χ1n) is 11.6. The van der Waals surface area contributed by atoms with Gasteiger partial charge in [-0.15, -0.1) is 0 Å². The monoisotopic (exact) mass is 548 g/mol. The summed E-state index contributed by atoms with van der Waals surface area (Å²) in [6.07, 6.45) is 0.0486. The molecule has 3 fully saturated rings. The summed E-state index contributed by atoms with van der Waals surface area (Å²) in [7, 11) is -5.08. The molecule has 5 rings (SSSR count). The van der Waals surface area contributed by atoms with E-state index in [1.807, 2.05) is 4.72 Å². The average molecular weight is 549 g/mol. The maximum Gasteiger partial charge on any atom is 0.350 e. The van der Waals surface area contributed by atoms with Crippen LogP contribution in [0, 0.1) is 28.7 Å². The standard InChI is InChI=1S/C24H22F6N2O4S/c25-14-5-12(6-15(26)9-14)17-10-16(27)7-13(20(17)28)8-18-21(31-37(34,35)23(29)30)24(2-3-24)11-32(18)22(33)19-1-4-36-19/h5-7,9-10,18-19,21,23,31H,1-4,8,11H2/t18-,19?,21+/m0/s1. The summed E-state index contributed by atoms with van der Waals surface area (Å²) in [4.78, 5) is 14.4. The molecule has 2 aromatic rings. The Labute approximate surface area is 208 Å². The zero-order valence-electron chi connectivity index (χ0n) is 19.2. The first kappa shape index (κ1) is 26.0. The Hall–Kier alpha value is -2.64. The predicted molar refractivity (Wildman–Crippen MR) is 119 cm³/mol. The van der Waals surface area contributed by atoms with Crippen molar-refractivity contribution < 1.29 is 44.3 Å². The largest absolute Gasteiger partial charge is 0.368 e. The van der Waals surface area contributed by atoms with Gasteiger partial charge in [0.2, 0.25) is 0 Å². The minimum Gasteiger partial charge on any atom is -0.368 e. The first-order valence-corrected chi connectivity index (χ1v) is 13.1. The molecular weight excluding hydrogens is 526 g/mol. The second-order valence-corrected chi connectivity index (χ2v) is 11.4. The van der Waals surface area contributed by atoms with Crippen molar-refractivity contribution >= 4 is 15.9 Å². The highest BCUT2D eigenvalue weighted by Gasteiger charge is 2.62. The van der Waals surface area contributed by atoms with Gasteiger partial charge in [-0.1, -0.05) is 0 Å². The zero-order valence-corrected chi connectivity index (χ0v) is 20.0. The summed E-state index contributed by atoms with van der Waals surface area (Å²) in [5, 5.41) is 0. The number of hydrogen-bond acceptors (Lipinski definition) is 4. The van der Waals surface area contributed by atoms with Gasteiger partial charge in [0, 0.05) is 36.1 Å². The summed E-state index contributed by atoms with van der Waals surface area (Å²) in [6, 6.07) is 1.47. The molecule has 0 radical (unpaired) electrons. The van der Waals surface area contributed by atoms with E-state index in [-0.39, 0.29) is 17.7 Å². The molecule has 2 aliphatic heterocycles. The van der Waals surface area contributed by atoms with Crippen LogP contribution in [-0.4, -0.2) is 56.3 Å². The molecule has 3 atom stereocenters. The maximum atomic E-state index is 15.6. The number of nitrogens with zero attached hydrogens (tertiary/aromatic N) is 1. The number of likely N-dealkylation sites (tertiary alicyclic amines) is 1. The number of carbonyl (C=O) groups is 1. The van der Waals surface area contributed by atoms with Gasteiger partial charge < -0.3 is 9.64 Å². The van der Waals surface area contributed by atoms with Gasteiger partial charge in [-0.3, -0.25) is 4.79 Å². The average Bonchev–Trinajstić information content (AvgIpc) is 3.49. The fourth-order valence-electron chi connectivity index (χ4n) is 5.23. The Balaban J connectivity index is 1.55. The van der Waals surface area contributed by atoms with E-state index in [4.69, 9.17) is 4.74 Å². The van der Waals surface area contributed by atoms with Gasteiger partial charge in [-0.05, 0) is 54.7 Å². The molecule has 3 aliphatic rings. The van der Waals surface area contributed by atoms with Crippen molar-refractivity contribution in [1.29, 1.82) is 0 Å². The molecule has 2 heterocycles. The lowest BCUT2D eigenvalue weighted by molar-refractivity contribution is -0.157. The fraction of sp³-hybridized carbons (Fsp3) is 0.458. The van der Waals surface area contributed by atoms with Gasteiger partial charge in [0.05, 0.1) is 12.6 Å². The maximum absolute atomic E-state index is 15.6.